The highest BCUT2D eigenvalue weighted by Crippen LogP contribution is 2.19. The maximum Gasteiger partial charge on any atom is 0.408 e. The summed E-state index contributed by atoms with van der Waals surface area (Å²) in [5.41, 5.74) is 0.998. The van der Waals surface area contributed by atoms with Crippen molar-refractivity contribution in [2.45, 2.75) is 97.4 Å². The average Bonchev–Trinajstić information content (AvgIpc) is 2.91. The molecule has 2 N–H and O–H groups in total. The second-order valence-corrected chi connectivity index (χ2v) is 13.7. The quantitative estimate of drug-likeness (QED) is 0.239. The Kier molecular flexibility index (Phi) is 14.4. The van der Waals surface area contributed by atoms with Gasteiger partial charge in [-0.05, 0) is 103 Å². The Morgan fingerprint density at radius 2 is 1.47 bits per heavy atom. The van der Waals surface area contributed by atoms with E-state index in [1.165, 1.54) is 5.56 Å². The van der Waals surface area contributed by atoms with E-state index in [0.29, 0.717) is 18.8 Å². The number of carbonyl (C=O) groups is 3. The Morgan fingerprint density at radius 1 is 0.837 bits per heavy atom. The number of carbonyl (C=O) groups excluding carboxylic acids is 3. The standard InChI is InChI=1S/C34H51N3O5S/c1-25(31(39)37(22-13-23-43-8)21-12-16-26-14-10-9-11-15-26)35-30(38)29(36-32(40)42-34(5,6)7)24-27-17-19-28(20-18-27)41-33(2,3)4/h9-11,14-15,17-20,25,29H,12-13,16,21-24H2,1-8H3,(H,35,38)(H,36,40)/t25-,29+/m1/s1. The maximum atomic E-state index is 13.5. The smallest absolute Gasteiger partial charge is 0.408 e. The number of thioether (sulfide) groups is 1. The van der Waals surface area contributed by atoms with Crippen LogP contribution in [0.25, 0.3) is 0 Å². The maximum absolute atomic E-state index is 13.5. The van der Waals surface area contributed by atoms with E-state index in [0.717, 1.165) is 30.6 Å². The van der Waals surface area contributed by atoms with Crippen LogP contribution in [0.15, 0.2) is 54.6 Å². The zero-order valence-corrected chi connectivity index (χ0v) is 28.0. The third-order valence-electron chi connectivity index (χ3n) is 6.35. The lowest BCUT2D eigenvalue weighted by Gasteiger charge is -2.28. The van der Waals surface area contributed by atoms with Crippen LogP contribution in [0.5, 0.6) is 5.75 Å². The number of alkyl carbamates (subject to hydrolysis) is 1. The monoisotopic (exact) mass is 613 g/mol. The molecule has 0 saturated heterocycles. The van der Waals surface area contributed by atoms with Crippen LogP contribution in [0.4, 0.5) is 4.79 Å². The van der Waals surface area contributed by atoms with Gasteiger partial charge < -0.3 is 25.0 Å². The molecule has 0 aliphatic carbocycles. The van der Waals surface area contributed by atoms with Gasteiger partial charge >= 0.3 is 6.09 Å². The number of nitrogens with one attached hydrogen (secondary N) is 2. The molecule has 8 nitrogen and oxygen atoms in total. The Labute approximate surface area is 262 Å². The summed E-state index contributed by atoms with van der Waals surface area (Å²) < 4.78 is 11.3. The van der Waals surface area contributed by atoms with Gasteiger partial charge in [-0.1, -0.05) is 42.5 Å². The summed E-state index contributed by atoms with van der Waals surface area (Å²) in [5.74, 6) is 1.08. The van der Waals surface area contributed by atoms with Gasteiger partial charge in [0, 0.05) is 19.5 Å². The molecule has 0 saturated carbocycles. The second-order valence-electron chi connectivity index (χ2n) is 12.8. The van der Waals surface area contributed by atoms with Gasteiger partial charge in [-0.2, -0.15) is 11.8 Å². The molecule has 9 heteroatoms. The third-order valence-corrected chi connectivity index (χ3v) is 7.05. The fourth-order valence-corrected chi connectivity index (χ4v) is 4.86. The molecule has 238 valence electrons. The first-order valence-electron chi connectivity index (χ1n) is 15.1. The number of rotatable bonds is 15. The minimum absolute atomic E-state index is 0.137. The molecular weight excluding hydrogens is 562 g/mol. The normalized spacial score (nSPS) is 13.0. The first-order valence-corrected chi connectivity index (χ1v) is 16.5. The minimum Gasteiger partial charge on any atom is -0.488 e. The molecule has 2 atom stereocenters. The molecule has 3 amide bonds. The first kappa shape index (κ1) is 36.0. The summed E-state index contributed by atoms with van der Waals surface area (Å²) in [6.07, 6.45) is 4.14. The van der Waals surface area contributed by atoms with Crippen molar-refractivity contribution in [3.63, 3.8) is 0 Å². The van der Waals surface area contributed by atoms with Crippen molar-refractivity contribution in [2.24, 2.45) is 0 Å². The van der Waals surface area contributed by atoms with Gasteiger partial charge in [0.2, 0.25) is 11.8 Å². The highest BCUT2D eigenvalue weighted by molar-refractivity contribution is 7.98. The molecule has 0 aliphatic rings. The summed E-state index contributed by atoms with van der Waals surface area (Å²) in [4.78, 5) is 41.6. The number of amides is 3. The predicted octanol–water partition coefficient (Wildman–Crippen LogP) is 6.02. The molecular formula is C34H51N3O5S. The van der Waals surface area contributed by atoms with Gasteiger partial charge in [-0.25, -0.2) is 4.79 Å². The molecule has 0 spiro atoms. The second kappa shape index (κ2) is 17.2. The van der Waals surface area contributed by atoms with Crippen molar-refractivity contribution in [2.75, 3.05) is 25.1 Å². The van der Waals surface area contributed by atoms with E-state index in [1.807, 2.05) is 74.4 Å². The molecule has 2 rings (SSSR count). The van der Waals surface area contributed by atoms with Gasteiger partial charge in [0.05, 0.1) is 0 Å². The van der Waals surface area contributed by atoms with Crippen LogP contribution >= 0.6 is 11.8 Å². The molecule has 0 aliphatic heterocycles. The SMILES string of the molecule is CSCCCN(CCCc1ccccc1)C(=O)[C@@H](C)NC(=O)[C@H](Cc1ccc(OC(C)(C)C)cc1)NC(=O)OC(C)(C)C. The first-order chi connectivity index (χ1) is 20.2. The molecule has 0 aromatic heterocycles. The topological polar surface area (TPSA) is 97.0 Å². The summed E-state index contributed by atoms with van der Waals surface area (Å²) in [5, 5.41) is 5.57. The van der Waals surface area contributed by atoms with Crippen molar-refractivity contribution in [3.8, 4) is 5.75 Å². The van der Waals surface area contributed by atoms with Crippen LogP contribution in [0.3, 0.4) is 0 Å². The third kappa shape index (κ3) is 14.7. The van der Waals surface area contributed by atoms with Gasteiger partial charge in [-0.3, -0.25) is 9.59 Å². The van der Waals surface area contributed by atoms with Crippen LogP contribution in [0.1, 0.15) is 72.4 Å². The lowest BCUT2D eigenvalue weighted by Crippen LogP contribution is -2.54. The number of hydrogen-bond acceptors (Lipinski definition) is 6. The summed E-state index contributed by atoms with van der Waals surface area (Å²) >= 11 is 1.74. The largest absolute Gasteiger partial charge is 0.488 e. The molecule has 2 aromatic rings. The van der Waals surface area contributed by atoms with Gasteiger partial charge in [-0.15, -0.1) is 0 Å². The minimum atomic E-state index is -0.942. The van der Waals surface area contributed by atoms with Crippen molar-refractivity contribution in [1.29, 1.82) is 0 Å². The molecule has 0 fully saturated rings. The van der Waals surface area contributed by atoms with E-state index in [2.05, 4.69) is 22.8 Å². The van der Waals surface area contributed by atoms with E-state index in [1.54, 1.807) is 39.5 Å². The number of benzene rings is 2. The summed E-state index contributed by atoms with van der Waals surface area (Å²) in [7, 11) is 0. The van der Waals surface area contributed by atoms with Crippen LogP contribution in [0, 0.1) is 0 Å². The van der Waals surface area contributed by atoms with Crippen molar-refractivity contribution in [1.82, 2.24) is 15.5 Å². The lowest BCUT2D eigenvalue weighted by atomic mass is 10.0. The number of ether oxygens (including phenoxy) is 2. The van der Waals surface area contributed by atoms with E-state index in [-0.39, 0.29) is 17.9 Å². The lowest BCUT2D eigenvalue weighted by molar-refractivity contribution is -0.136. The summed E-state index contributed by atoms with van der Waals surface area (Å²) in [6.45, 7) is 14.1. The molecule has 2 aromatic carbocycles. The molecule has 0 radical (unpaired) electrons. The number of aryl methyl sites for hydroxylation is 1. The Bertz CT molecular complexity index is 1140. The van der Waals surface area contributed by atoms with Crippen LogP contribution in [-0.2, 0) is 27.2 Å². The fourth-order valence-electron chi connectivity index (χ4n) is 4.44. The van der Waals surface area contributed by atoms with Crippen LogP contribution < -0.4 is 15.4 Å². The molecule has 0 bridgehead atoms. The van der Waals surface area contributed by atoms with Crippen LogP contribution in [0.2, 0.25) is 0 Å². The molecule has 43 heavy (non-hydrogen) atoms. The molecule has 0 unspecified atom stereocenters. The Balaban J connectivity index is 2.12. The van der Waals surface area contributed by atoms with Gasteiger partial charge in [0.15, 0.2) is 0 Å². The van der Waals surface area contributed by atoms with Crippen molar-refractivity contribution >= 4 is 29.7 Å². The summed E-state index contributed by atoms with van der Waals surface area (Å²) in [6, 6.07) is 15.9. The number of nitrogens with zero attached hydrogens (tertiary/aromatic N) is 1. The molecule has 0 heterocycles. The number of hydrogen-bond donors (Lipinski definition) is 2. The Hall–Kier alpha value is -3.20. The highest BCUT2D eigenvalue weighted by Gasteiger charge is 2.28. The average molecular weight is 614 g/mol. The zero-order valence-electron chi connectivity index (χ0n) is 27.2. The van der Waals surface area contributed by atoms with E-state index in [9.17, 15) is 14.4 Å². The predicted molar refractivity (Wildman–Crippen MR) is 176 cm³/mol. The van der Waals surface area contributed by atoms with Gasteiger partial charge in [0.25, 0.3) is 0 Å². The zero-order chi connectivity index (χ0) is 32.0. The van der Waals surface area contributed by atoms with Crippen molar-refractivity contribution < 1.29 is 23.9 Å². The van der Waals surface area contributed by atoms with Crippen LogP contribution in [-0.4, -0.2) is 71.2 Å². The Morgan fingerprint density at radius 3 is 2.05 bits per heavy atom. The van der Waals surface area contributed by atoms with Crippen molar-refractivity contribution in [3.05, 3.63) is 65.7 Å². The van der Waals surface area contributed by atoms with Gasteiger partial charge in [0.1, 0.15) is 29.0 Å². The fraction of sp³-hybridized carbons (Fsp3) is 0.559. The van der Waals surface area contributed by atoms with E-state index < -0.39 is 29.7 Å². The van der Waals surface area contributed by atoms with E-state index in [4.69, 9.17) is 9.47 Å². The van der Waals surface area contributed by atoms with E-state index >= 15 is 0 Å². The highest BCUT2D eigenvalue weighted by atomic mass is 32.2.